The molecule has 3 rings (SSSR count). The number of nitrogens with zero attached hydrogens (tertiary/aromatic N) is 2. The molecule has 0 amide bonds. The number of aryl methyl sites for hydroxylation is 1. The van der Waals surface area contributed by atoms with Gasteiger partial charge in [0.15, 0.2) is 0 Å². The fraction of sp³-hybridized carbons (Fsp3) is 0.176. The molecule has 0 aliphatic carbocycles. The Morgan fingerprint density at radius 2 is 2.12 bits per heavy atom. The standard InChI is InChI=1S/C17H14BrFIN3O/c1-3-10-11-4-16(21-2)22-7-9(11)8-23(17(10)24)15-6-14(20)13(19)5-12(15)18/h4-8,21H,3H2,1-2H3. The van der Waals surface area contributed by atoms with Crippen molar-refractivity contribution in [2.75, 3.05) is 12.4 Å². The van der Waals surface area contributed by atoms with Crippen molar-refractivity contribution in [1.29, 1.82) is 0 Å². The van der Waals surface area contributed by atoms with E-state index in [1.54, 1.807) is 30.1 Å². The molecule has 4 nitrogen and oxygen atoms in total. The predicted octanol–water partition coefficient (Wildman–Crippen LogP) is 4.50. The number of rotatable bonds is 3. The molecule has 0 bridgehead atoms. The van der Waals surface area contributed by atoms with Crippen LogP contribution in [-0.4, -0.2) is 16.6 Å². The van der Waals surface area contributed by atoms with Gasteiger partial charge in [0.1, 0.15) is 11.6 Å². The number of nitrogens with one attached hydrogen (secondary N) is 1. The highest BCUT2D eigenvalue weighted by molar-refractivity contribution is 14.1. The van der Waals surface area contributed by atoms with Gasteiger partial charge in [-0.2, -0.15) is 0 Å². The fourth-order valence-corrected chi connectivity index (χ4v) is 3.60. The molecule has 0 aliphatic rings. The highest BCUT2D eigenvalue weighted by Gasteiger charge is 2.14. The fourth-order valence-electron chi connectivity index (χ4n) is 2.64. The summed E-state index contributed by atoms with van der Waals surface area (Å²) in [7, 11) is 1.79. The van der Waals surface area contributed by atoms with E-state index in [1.165, 1.54) is 6.07 Å². The van der Waals surface area contributed by atoms with E-state index >= 15 is 0 Å². The maximum absolute atomic E-state index is 13.7. The van der Waals surface area contributed by atoms with E-state index < -0.39 is 0 Å². The van der Waals surface area contributed by atoms with Crippen LogP contribution < -0.4 is 10.9 Å². The SMILES string of the molecule is CCc1c(=O)n(-c2cc(I)c(F)cc2Br)cc2cnc(NC)cc12. The Kier molecular flexibility index (Phi) is 4.91. The molecule has 0 spiro atoms. The predicted molar refractivity (Wildman–Crippen MR) is 107 cm³/mol. The Hall–Kier alpha value is -1.48. The largest absolute Gasteiger partial charge is 0.373 e. The molecule has 7 heteroatoms. The number of pyridine rings is 2. The number of hydrogen-bond acceptors (Lipinski definition) is 3. The molecule has 0 radical (unpaired) electrons. The minimum absolute atomic E-state index is 0.110. The van der Waals surface area contributed by atoms with Crippen molar-refractivity contribution in [2.24, 2.45) is 0 Å². The molecule has 0 unspecified atom stereocenters. The molecule has 2 heterocycles. The van der Waals surface area contributed by atoms with Crippen LogP contribution in [0.2, 0.25) is 0 Å². The lowest BCUT2D eigenvalue weighted by atomic mass is 10.1. The number of aromatic nitrogens is 2. The Labute approximate surface area is 160 Å². The normalized spacial score (nSPS) is 11.0. The molecular weight excluding hydrogens is 488 g/mol. The summed E-state index contributed by atoms with van der Waals surface area (Å²) in [5.74, 6) is 0.392. The van der Waals surface area contributed by atoms with Crippen molar-refractivity contribution in [3.05, 3.63) is 60.4 Å². The quantitative estimate of drug-likeness (QED) is 0.424. The van der Waals surface area contributed by atoms with E-state index in [2.05, 4.69) is 26.2 Å². The third kappa shape index (κ3) is 2.95. The summed E-state index contributed by atoms with van der Waals surface area (Å²) in [4.78, 5) is 17.3. The van der Waals surface area contributed by atoms with Gasteiger partial charge in [0, 0.05) is 34.9 Å². The van der Waals surface area contributed by atoms with Crippen molar-refractivity contribution in [2.45, 2.75) is 13.3 Å². The Morgan fingerprint density at radius 1 is 1.38 bits per heavy atom. The maximum Gasteiger partial charge on any atom is 0.258 e. The van der Waals surface area contributed by atoms with Crippen LogP contribution in [0.4, 0.5) is 10.2 Å². The van der Waals surface area contributed by atoms with Crippen LogP contribution in [0.1, 0.15) is 12.5 Å². The van der Waals surface area contributed by atoms with Crippen LogP contribution in [0.15, 0.2) is 39.9 Å². The molecule has 0 fully saturated rings. The Bertz CT molecular complexity index is 1000. The lowest BCUT2D eigenvalue weighted by Gasteiger charge is -2.14. The lowest BCUT2D eigenvalue weighted by molar-refractivity contribution is 0.618. The van der Waals surface area contributed by atoms with Crippen LogP contribution in [0.5, 0.6) is 0 Å². The molecule has 0 saturated carbocycles. The van der Waals surface area contributed by atoms with E-state index in [0.717, 1.165) is 10.8 Å². The summed E-state index contributed by atoms with van der Waals surface area (Å²) >= 11 is 5.28. The van der Waals surface area contributed by atoms with E-state index in [-0.39, 0.29) is 11.4 Å². The third-order valence-electron chi connectivity index (χ3n) is 3.86. The van der Waals surface area contributed by atoms with Crippen molar-refractivity contribution < 1.29 is 4.39 Å². The first-order valence-corrected chi connectivity index (χ1v) is 9.20. The molecule has 1 aromatic carbocycles. The first kappa shape index (κ1) is 17.3. The van der Waals surface area contributed by atoms with Gasteiger partial charge in [0.05, 0.1) is 9.26 Å². The lowest BCUT2D eigenvalue weighted by Crippen LogP contribution is -2.22. The molecule has 2 aromatic heterocycles. The second-order valence-electron chi connectivity index (χ2n) is 5.26. The topological polar surface area (TPSA) is 46.9 Å². The molecule has 0 aliphatic heterocycles. The van der Waals surface area contributed by atoms with Gasteiger partial charge in [-0.25, -0.2) is 9.37 Å². The average molecular weight is 502 g/mol. The highest BCUT2D eigenvalue weighted by Crippen LogP contribution is 2.27. The van der Waals surface area contributed by atoms with Gasteiger partial charge >= 0.3 is 0 Å². The van der Waals surface area contributed by atoms with E-state index in [9.17, 15) is 9.18 Å². The van der Waals surface area contributed by atoms with Gasteiger partial charge in [-0.15, -0.1) is 0 Å². The minimum Gasteiger partial charge on any atom is -0.373 e. The van der Waals surface area contributed by atoms with Crippen LogP contribution >= 0.6 is 38.5 Å². The van der Waals surface area contributed by atoms with Gasteiger partial charge in [0.2, 0.25) is 0 Å². The number of anilines is 1. The molecule has 1 N–H and O–H groups in total. The van der Waals surface area contributed by atoms with Gasteiger partial charge in [0.25, 0.3) is 5.56 Å². The van der Waals surface area contributed by atoms with Gasteiger partial charge < -0.3 is 5.32 Å². The van der Waals surface area contributed by atoms with Gasteiger partial charge in [-0.05, 0) is 68.5 Å². The van der Waals surface area contributed by atoms with Crippen molar-refractivity contribution >= 4 is 55.1 Å². The van der Waals surface area contributed by atoms with E-state index in [0.29, 0.717) is 31.5 Å². The minimum atomic E-state index is -0.323. The molecule has 0 atom stereocenters. The number of halogens is 3. The third-order valence-corrected chi connectivity index (χ3v) is 5.33. The first-order chi connectivity index (χ1) is 11.5. The first-order valence-electron chi connectivity index (χ1n) is 7.33. The summed E-state index contributed by atoms with van der Waals surface area (Å²) in [5, 5.41) is 4.73. The molecule has 3 aromatic rings. The Morgan fingerprint density at radius 3 is 2.79 bits per heavy atom. The second kappa shape index (κ2) is 6.79. The van der Waals surface area contributed by atoms with E-state index in [4.69, 9.17) is 0 Å². The van der Waals surface area contributed by atoms with E-state index in [1.807, 2.05) is 35.6 Å². The molecule has 0 saturated heterocycles. The Balaban J connectivity index is 2.36. The zero-order chi connectivity index (χ0) is 17.4. The summed E-state index contributed by atoms with van der Waals surface area (Å²) < 4.78 is 16.3. The zero-order valence-corrected chi connectivity index (χ0v) is 16.8. The van der Waals surface area contributed by atoms with Crippen LogP contribution in [-0.2, 0) is 6.42 Å². The summed E-state index contributed by atoms with van der Waals surface area (Å²) in [6.45, 7) is 1.95. The average Bonchev–Trinajstić information content (AvgIpc) is 2.57. The number of hydrogen-bond donors (Lipinski definition) is 1. The van der Waals surface area contributed by atoms with Crippen LogP contribution in [0, 0.1) is 9.39 Å². The smallest absolute Gasteiger partial charge is 0.258 e. The maximum atomic E-state index is 13.7. The van der Waals surface area contributed by atoms with Crippen LogP contribution in [0.25, 0.3) is 16.5 Å². The molecular formula is C17H14BrFIN3O. The molecule has 24 heavy (non-hydrogen) atoms. The van der Waals surface area contributed by atoms with Crippen LogP contribution in [0.3, 0.4) is 0 Å². The van der Waals surface area contributed by atoms with Gasteiger partial charge in [-0.1, -0.05) is 6.92 Å². The van der Waals surface area contributed by atoms with Crippen molar-refractivity contribution in [3.8, 4) is 5.69 Å². The van der Waals surface area contributed by atoms with Gasteiger partial charge in [-0.3, -0.25) is 9.36 Å². The summed E-state index contributed by atoms with van der Waals surface area (Å²) in [5.41, 5.74) is 1.21. The second-order valence-corrected chi connectivity index (χ2v) is 7.28. The summed E-state index contributed by atoms with van der Waals surface area (Å²) in [6.07, 6.45) is 4.08. The number of benzene rings is 1. The monoisotopic (exact) mass is 501 g/mol. The molecule has 124 valence electrons. The highest BCUT2D eigenvalue weighted by atomic mass is 127. The van der Waals surface area contributed by atoms with Crippen molar-refractivity contribution in [1.82, 2.24) is 9.55 Å². The summed E-state index contributed by atoms with van der Waals surface area (Å²) in [6, 6.07) is 4.91. The zero-order valence-electron chi connectivity index (χ0n) is 13.0. The van der Waals surface area contributed by atoms with Crippen molar-refractivity contribution in [3.63, 3.8) is 0 Å². The number of fused-ring (bicyclic) bond motifs is 1.